The molecule has 2 N–H and O–H groups in total. The maximum Gasteiger partial charge on any atom is 0.284 e. The van der Waals surface area contributed by atoms with Crippen LogP contribution in [0.4, 0.5) is 20.3 Å². The number of nitrogens with zero attached hydrogens (tertiary/aromatic N) is 11. The van der Waals surface area contributed by atoms with Gasteiger partial charge in [-0.25, -0.2) is 18.3 Å². The maximum absolute atomic E-state index is 14.3. The van der Waals surface area contributed by atoms with Crippen molar-refractivity contribution in [2.75, 3.05) is 49.5 Å². The van der Waals surface area contributed by atoms with Gasteiger partial charge in [0.25, 0.3) is 18.2 Å². The summed E-state index contributed by atoms with van der Waals surface area (Å²) in [6.07, 6.45) is 10.3. The Morgan fingerprint density at radius 2 is 1.81 bits per heavy atom. The monoisotopic (exact) mass is 875 g/mol. The number of amides is 3. The molecule has 5 fully saturated rings. The lowest BCUT2D eigenvalue weighted by Crippen LogP contribution is -2.42. The van der Waals surface area contributed by atoms with Gasteiger partial charge in [0.05, 0.1) is 48.0 Å². The molecule has 3 amide bonds. The number of aryl methyl sites for hydroxylation is 1. The number of aromatic nitrogens is 9. The minimum Gasteiger partial charge on any atom is -0.375 e. The van der Waals surface area contributed by atoms with Gasteiger partial charge >= 0.3 is 0 Å². The normalized spacial score (nSPS) is 26.3. The molecule has 0 bridgehead atoms. The molecule has 19 heteroatoms. The number of ether oxygens (including phenoxy) is 1. The molecule has 6 aromatic rings. The molecule has 1 aromatic carbocycles. The summed E-state index contributed by atoms with van der Waals surface area (Å²) < 4.78 is 41.3. The lowest BCUT2D eigenvalue weighted by Gasteiger charge is -2.32. The lowest BCUT2D eigenvalue weighted by molar-refractivity contribution is -0.135. The van der Waals surface area contributed by atoms with E-state index in [1.807, 2.05) is 38.2 Å². The average Bonchev–Trinajstić information content (AvgIpc) is 3.98. The van der Waals surface area contributed by atoms with Crippen LogP contribution in [0.15, 0.2) is 55.2 Å². The number of imide groups is 1. The first-order valence-electron chi connectivity index (χ1n) is 22.5. The third-order valence-electron chi connectivity index (χ3n) is 14.3. The molecule has 64 heavy (non-hydrogen) atoms. The number of rotatable bonds is 11. The van der Waals surface area contributed by atoms with E-state index in [2.05, 4.69) is 47.6 Å². The van der Waals surface area contributed by atoms with Gasteiger partial charge in [-0.2, -0.15) is 20.4 Å². The van der Waals surface area contributed by atoms with Crippen LogP contribution in [0.2, 0.25) is 0 Å². The summed E-state index contributed by atoms with van der Waals surface area (Å²) in [5.74, 6) is 1.99. The van der Waals surface area contributed by atoms with Crippen LogP contribution in [-0.4, -0.2) is 112 Å². The molecule has 5 aliphatic rings. The van der Waals surface area contributed by atoms with Gasteiger partial charge in [0, 0.05) is 75.2 Å². The minimum atomic E-state index is -2.85. The maximum atomic E-state index is 14.3. The number of hydrogen-bond acceptors (Lipinski definition) is 11. The van der Waals surface area contributed by atoms with Gasteiger partial charge in [-0.1, -0.05) is 12.1 Å². The molecule has 4 atom stereocenters. The summed E-state index contributed by atoms with van der Waals surface area (Å²) in [7, 11) is 0. The van der Waals surface area contributed by atoms with Crippen LogP contribution < -0.4 is 15.5 Å². The largest absolute Gasteiger partial charge is 0.375 e. The first-order chi connectivity index (χ1) is 31.0. The van der Waals surface area contributed by atoms with Gasteiger partial charge < -0.3 is 19.9 Å². The highest BCUT2D eigenvalue weighted by Crippen LogP contribution is 2.53. The number of halogens is 2. The lowest BCUT2D eigenvalue weighted by atomic mass is 9.85. The van der Waals surface area contributed by atoms with Crippen LogP contribution in [0.5, 0.6) is 0 Å². The first kappa shape index (κ1) is 40.7. The highest BCUT2D eigenvalue weighted by atomic mass is 19.3. The fraction of sp³-hybridized carbons (Fsp3) is 0.511. The zero-order chi connectivity index (χ0) is 43.8. The summed E-state index contributed by atoms with van der Waals surface area (Å²) in [5.41, 5.74) is 3.83. The molecule has 11 rings (SSSR count). The van der Waals surface area contributed by atoms with Gasteiger partial charge in [-0.05, 0) is 87.3 Å². The number of hydrogen-bond donors (Lipinski definition) is 2. The number of morpholine rings is 1. The second-order valence-corrected chi connectivity index (χ2v) is 18.4. The number of carbonyl (C=O) groups is 3. The number of anilines is 2. The summed E-state index contributed by atoms with van der Waals surface area (Å²) in [5, 5.41) is 24.3. The second kappa shape index (κ2) is 16.2. The summed E-state index contributed by atoms with van der Waals surface area (Å²) in [6.45, 7) is 9.94. The molecule has 3 saturated heterocycles. The number of nitrogens with one attached hydrogen (secondary N) is 2. The van der Waals surface area contributed by atoms with Crippen molar-refractivity contribution in [2.45, 2.75) is 83.5 Å². The van der Waals surface area contributed by atoms with Crippen LogP contribution in [-0.2, 0) is 20.9 Å². The third kappa shape index (κ3) is 7.50. The number of likely N-dealkylation sites (tertiary alicyclic amines) is 1. The number of piperidine rings is 2. The molecule has 8 heterocycles. The summed E-state index contributed by atoms with van der Waals surface area (Å²) >= 11 is 0. The van der Waals surface area contributed by atoms with E-state index >= 15 is 0 Å². The first-order valence-corrected chi connectivity index (χ1v) is 22.5. The minimum absolute atomic E-state index is 0.00307. The van der Waals surface area contributed by atoms with E-state index in [-0.39, 0.29) is 35.2 Å². The molecule has 0 unspecified atom stereocenters. The molecular formula is C45H51F2N13O4. The summed E-state index contributed by atoms with van der Waals surface area (Å²) in [4.78, 5) is 47.4. The molecule has 334 valence electrons. The number of benzene rings is 1. The van der Waals surface area contributed by atoms with E-state index in [0.717, 1.165) is 79.6 Å². The zero-order valence-corrected chi connectivity index (χ0v) is 35.8. The molecule has 3 aliphatic heterocycles. The molecule has 2 saturated carbocycles. The van der Waals surface area contributed by atoms with E-state index in [1.165, 1.54) is 10.7 Å². The van der Waals surface area contributed by atoms with Crippen molar-refractivity contribution < 1.29 is 27.9 Å². The van der Waals surface area contributed by atoms with Crippen molar-refractivity contribution in [1.29, 1.82) is 0 Å². The second-order valence-electron chi connectivity index (χ2n) is 18.4. The van der Waals surface area contributed by atoms with E-state index in [0.29, 0.717) is 67.7 Å². The standard InChI is InChI=1S/C45H51F2N13O4/c1-25-18-56(14-15-64-25)38-12-13-58-43(51-38)31(17-49-58)44(62)50-35-24-59(54-41(35)42(46)47)29-8-6-27(7-9-29)19-55-21-32-33(22-55)34(32)23-57-20-28(16-48-57)30-4-3-5-36-40(30)26(2)53-60(36)37-10-11-39(61)52-45(37)63/h3-5,12-13,16-17,20,24-25,27,29,32-34,37,42H,6-11,14-15,18-19,21-23H2,1-2H3,(H,50,62)(H,52,61,63)/t25-,27?,29?,32-,33-,37-/m1/s1. The molecule has 5 aromatic heterocycles. The number of alkyl halides is 2. The molecule has 0 radical (unpaired) electrons. The van der Waals surface area contributed by atoms with Crippen molar-refractivity contribution in [1.82, 2.24) is 54.2 Å². The quantitative estimate of drug-likeness (QED) is 0.159. The number of carbonyl (C=O) groups excluding carboxylic acids is 3. The molecular weight excluding hydrogens is 825 g/mol. The van der Waals surface area contributed by atoms with Crippen LogP contribution in [0.25, 0.3) is 27.7 Å². The topological polar surface area (TPSA) is 175 Å². The van der Waals surface area contributed by atoms with E-state index < -0.39 is 24.1 Å². The molecule has 0 spiro atoms. The van der Waals surface area contributed by atoms with Crippen molar-refractivity contribution in [2.24, 2.45) is 23.7 Å². The smallest absolute Gasteiger partial charge is 0.284 e. The van der Waals surface area contributed by atoms with Gasteiger partial charge in [-0.15, -0.1) is 0 Å². The Kier molecular flexibility index (Phi) is 10.3. The average molecular weight is 876 g/mol. The Morgan fingerprint density at radius 1 is 0.984 bits per heavy atom. The van der Waals surface area contributed by atoms with Crippen LogP contribution in [0, 0.1) is 30.6 Å². The van der Waals surface area contributed by atoms with Gasteiger partial charge in [0.15, 0.2) is 11.3 Å². The Bertz CT molecular complexity index is 2760. The Morgan fingerprint density at radius 3 is 2.59 bits per heavy atom. The Labute approximate surface area is 367 Å². The van der Waals surface area contributed by atoms with E-state index in [9.17, 15) is 23.2 Å². The molecule has 17 nitrogen and oxygen atoms in total. The predicted molar refractivity (Wildman–Crippen MR) is 231 cm³/mol. The summed E-state index contributed by atoms with van der Waals surface area (Å²) in [6, 6.07) is 7.33. The SMILES string of the molecule is Cc1nn([C@@H]2CCC(=O)NC2=O)c2cccc(-c3cnn(CC4[C@@H]5CN(CC6CCC(n7cc(NC(=O)c8cnn9ccc(N%10CCO[C@H](C)C%10)nc89)c(C(F)F)n7)CC6)C[C@@H]45)c3)c12. The fourth-order valence-electron chi connectivity index (χ4n) is 11.0. The van der Waals surface area contributed by atoms with Crippen LogP contribution in [0.3, 0.4) is 0 Å². The van der Waals surface area contributed by atoms with Crippen LogP contribution in [0.1, 0.15) is 85.7 Å². The van der Waals surface area contributed by atoms with Gasteiger partial charge in [0.2, 0.25) is 5.91 Å². The molecule has 2 aliphatic carbocycles. The fourth-order valence-corrected chi connectivity index (χ4v) is 11.0. The predicted octanol–water partition coefficient (Wildman–Crippen LogP) is 5.45. The van der Waals surface area contributed by atoms with Crippen molar-refractivity contribution in [3.05, 3.63) is 72.2 Å². The van der Waals surface area contributed by atoms with Gasteiger partial charge in [-0.3, -0.25) is 33.7 Å². The van der Waals surface area contributed by atoms with Crippen molar-refractivity contribution in [3.8, 4) is 11.1 Å². The third-order valence-corrected chi connectivity index (χ3v) is 14.3. The van der Waals surface area contributed by atoms with Crippen molar-refractivity contribution in [3.63, 3.8) is 0 Å². The van der Waals surface area contributed by atoms with Crippen LogP contribution >= 0.6 is 0 Å². The zero-order valence-electron chi connectivity index (χ0n) is 35.8. The van der Waals surface area contributed by atoms with Crippen molar-refractivity contribution >= 4 is 45.8 Å². The highest BCUT2D eigenvalue weighted by molar-refractivity contribution is 6.08. The van der Waals surface area contributed by atoms with E-state index in [4.69, 9.17) is 19.9 Å². The van der Waals surface area contributed by atoms with E-state index in [1.54, 1.807) is 21.8 Å². The van der Waals surface area contributed by atoms with Gasteiger partial charge in [0.1, 0.15) is 17.4 Å². The Balaban J connectivity index is 0.676. The number of fused-ring (bicyclic) bond motifs is 3. The Hall–Kier alpha value is -6.08. The highest BCUT2D eigenvalue weighted by Gasteiger charge is 2.55.